The molecule has 3 rings (SSSR count). The summed E-state index contributed by atoms with van der Waals surface area (Å²) < 4.78 is 19.9. The standard InChI is InChI=1S/C17H22FN5O4/c1-12(25)19-9-14-10-23(17(26)27-14)13-2-3-16(15(18)8-13)21-5-4-20-22(11-24)7-6-21/h2-3,8,11,14,20H,4-7,9-10H2,1H3,(H,19,25)/t14-/m0/s1. The van der Waals surface area contributed by atoms with Gasteiger partial charge >= 0.3 is 6.09 Å². The molecule has 9 nitrogen and oxygen atoms in total. The number of rotatable bonds is 5. The van der Waals surface area contributed by atoms with Crippen LogP contribution in [0.2, 0.25) is 0 Å². The Bertz CT molecular complexity index is 731. The average Bonchev–Trinajstić information content (AvgIpc) is 2.86. The Labute approximate surface area is 156 Å². The summed E-state index contributed by atoms with van der Waals surface area (Å²) in [4.78, 5) is 37.1. The molecule has 0 unspecified atom stereocenters. The lowest BCUT2D eigenvalue weighted by atomic mass is 10.2. The van der Waals surface area contributed by atoms with Gasteiger partial charge in [-0.25, -0.2) is 14.6 Å². The van der Waals surface area contributed by atoms with E-state index >= 15 is 0 Å². The molecule has 2 saturated heterocycles. The Morgan fingerprint density at radius 2 is 2.22 bits per heavy atom. The molecule has 27 heavy (non-hydrogen) atoms. The van der Waals surface area contributed by atoms with Crippen molar-refractivity contribution in [1.82, 2.24) is 15.8 Å². The van der Waals surface area contributed by atoms with Gasteiger partial charge in [0.05, 0.1) is 31.0 Å². The molecule has 1 aromatic rings. The molecule has 2 aliphatic rings. The first kappa shape index (κ1) is 18.9. The smallest absolute Gasteiger partial charge is 0.414 e. The van der Waals surface area contributed by atoms with Crippen LogP contribution in [0.4, 0.5) is 20.6 Å². The third-order valence-corrected chi connectivity index (χ3v) is 4.47. The van der Waals surface area contributed by atoms with Gasteiger partial charge in [0.15, 0.2) is 0 Å². The molecule has 3 amide bonds. The first-order valence-corrected chi connectivity index (χ1v) is 8.70. The van der Waals surface area contributed by atoms with Crippen molar-refractivity contribution in [2.24, 2.45) is 0 Å². The van der Waals surface area contributed by atoms with E-state index < -0.39 is 18.0 Å². The quantitative estimate of drug-likeness (QED) is 0.704. The molecule has 2 heterocycles. The van der Waals surface area contributed by atoms with Gasteiger partial charge in [0, 0.05) is 26.6 Å². The van der Waals surface area contributed by atoms with Crippen LogP contribution in [-0.4, -0.2) is 68.8 Å². The molecule has 0 aromatic heterocycles. The van der Waals surface area contributed by atoms with Crippen LogP contribution >= 0.6 is 0 Å². The van der Waals surface area contributed by atoms with Crippen molar-refractivity contribution in [2.45, 2.75) is 13.0 Å². The van der Waals surface area contributed by atoms with Crippen molar-refractivity contribution in [1.29, 1.82) is 0 Å². The second-order valence-electron chi connectivity index (χ2n) is 6.38. The predicted molar refractivity (Wildman–Crippen MR) is 95.7 cm³/mol. The van der Waals surface area contributed by atoms with Gasteiger partial charge in [-0.1, -0.05) is 0 Å². The fraction of sp³-hybridized carbons (Fsp3) is 0.471. The molecule has 0 spiro atoms. The average molecular weight is 379 g/mol. The summed E-state index contributed by atoms with van der Waals surface area (Å²) in [6.07, 6.45) is -0.340. The molecule has 10 heteroatoms. The number of benzene rings is 1. The van der Waals surface area contributed by atoms with Crippen molar-refractivity contribution in [2.75, 3.05) is 49.1 Å². The molecule has 0 bridgehead atoms. The van der Waals surface area contributed by atoms with Gasteiger partial charge in [0.1, 0.15) is 11.9 Å². The van der Waals surface area contributed by atoms with Gasteiger partial charge in [0.25, 0.3) is 0 Å². The van der Waals surface area contributed by atoms with Crippen LogP contribution in [0.1, 0.15) is 6.92 Å². The zero-order valence-corrected chi connectivity index (χ0v) is 15.0. The van der Waals surface area contributed by atoms with Crippen LogP contribution in [-0.2, 0) is 14.3 Å². The third kappa shape index (κ3) is 4.45. The van der Waals surface area contributed by atoms with Gasteiger partial charge in [-0.2, -0.15) is 0 Å². The van der Waals surface area contributed by atoms with Crippen LogP contribution in [0.3, 0.4) is 0 Å². The topological polar surface area (TPSA) is 94.2 Å². The van der Waals surface area contributed by atoms with Crippen molar-refractivity contribution in [3.63, 3.8) is 0 Å². The van der Waals surface area contributed by atoms with Gasteiger partial charge in [-0.3, -0.25) is 19.5 Å². The van der Waals surface area contributed by atoms with E-state index in [4.69, 9.17) is 4.74 Å². The Hall–Kier alpha value is -2.88. The maximum Gasteiger partial charge on any atom is 0.414 e. The van der Waals surface area contributed by atoms with Crippen molar-refractivity contribution >= 4 is 29.8 Å². The normalized spacial score (nSPS) is 20.3. The fourth-order valence-corrected chi connectivity index (χ4v) is 3.10. The molecule has 2 aliphatic heterocycles. The number of hydrogen-bond acceptors (Lipinski definition) is 6. The number of cyclic esters (lactones) is 1. The highest BCUT2D eigenvalue weighted by atomic mass is 19.1. The number of anilines is 2. The highest BCUT2D eigenvalue weighted by Gasteiger charge is 2.33. The van der Waals surface area contributed by atoms with Gasteiger partial charge in [0.2, 0.25) is 12.3 Å². The minimum Gasteiger partial charge on any atom is -0.442 e. The Morgan fingerprint density at radius 1 is 1.41 bits per heavy atom. The van der Waals surface area contributed by atoms with Crippen LogP contribution in [0.25, 0.3) is 0 Å². The van der Waals surface area contributed by atoms with Crippen LogP contribution in [0.15, 0.2) is 18.2 Å². The number of carbonyl (C=O) groups is 3. The summed E-state index contributed by atoms with van der Waals surface area (Å²) in [5.74, 6) is -0.662. The number of ether oxygens (including phenoxy) is 1. The van der Waals surface area contributed by atoms with E-state index in [2.05, 4.69) is 10.7 Å². The lowest BCUT2D eigenvalue weighted by Gasteiger charge is -2.23. The van der Waals surface area contributed by atoms with E-state index in [9.17, 15) is 18.8 Å². The second-order valence-corrected chi connectivity index (χ2v) is 6.38. The number of nitrogens with zero attached hydrogens (tertiary/aromatic N) is 3. The molecule has 1 atom stereocenters. The predicted octanol–water partition coefficient (Wildman–Crippen LogP) is 0.0700. The number of halogens is 1. The molecule has 0 aliphatic carbocycles. The maximum atomic E-state index is 14.7. The molecule has 2 N–H and O–H groups in total. The van der Waals surface area contributed by atoms with E-state index in [1.165, 1.54) is 22.9 Å². The number of nitrogens with one attached hydrogen (secondary N) is 2. The zero-order valence-electron chi connectivity index (χ0n) is 15.0. The van der Waals surface area contributed by atoms with Gasteiger partial charge < -0.3 is 15.0 Å². The summed E-state index contributed by atoms with van der Waals surface area (Å²) in [7, 11) is 0. The van der Waals surface area contributed by atoms with Gasteiger partial charge in [-0.15, -0.1) is 0 Å². The van der Waals surface area contributed by atoms with E-state index in [1.807, 2.05) is 4.90 Å². The number of hydrogen-bond donors (Lipinski definition) is 2. The Balaban J connectivity index is 1.68. The molecule has 146 valence electrons. The SMILES string of the molecule is CC(=O)NC[C@H]1CN(c2ccc(N3CCNN(C=O)CC3)c(F)c2)C(=O)O1. The van der Waals surface area contributed by atoms with Gasteiger partial charge in [-0.05, 0) is 18.2 Å². The Morgan fingerprint density at radius 3 is 2.93 bits per heavy atom. The highest BCUT2D eigenvalue weighted by molar-refractivity contribution is 5.90. The van der Waals surface area contributed by atoms with Crippen molar-refractivity contribution in [3.05, 3.63) is 24.0 Å². The van der Waals surface area contributed by atoms with E-state index in [0.717, 1.165) is 0 Å². The summed E-state index contributed by atoms with van der Waals surface area (Å²) in [6.45, 7) is 3.83. The molecule has 0 radical (unpaired) electrons. The first-order valence-electron chi connectivity index (χ1n) is 8.70. The summed E-state index contributed by atoms with van der Waals surface area (Å²) in [6, 6.07) is 4.58. The van der Waals surface area contributed by atoms with E-state index in [0.29, 0.717) is 44.0 Å². The number of hydrazine groups is 1. The van der Waals surface area contributed by atoms with Crippen molar-refractivity contribution in [3.8, 4) is 0 Å². The van der Waals surface area contributed by atoms with E-state index in [1.54, 1.807) is 12.1 Å². The largest absolute Gasteiger partial charge is 0.442 e. The van der Waals surface area contributed by atoms with Crippen molar-refractivity contribution < 1.29 is 23.5 Å². The molecule has 0 saturated carbocycles. The van der Waals surface area contributed by atoms with E-state index in [-0.39, 0.29) is 19.0 Å². The van der Waals surface area contributed by atoms with Crippen LogP contribution < -0.4 is 20.5 Å². The summed E-state index contributed by atoms with van der Waals surface area (Å²) in [5, 5.41) is 4.03. The fourth-order valence-electron chi connectivity index (χ4n) is 3.10. The second kappa shape index (κ2) is 8.21. The van der Waals surface area contributed by atoms with Crippen LogP contribution in [0, 0.1) is 5.82 Å². The monoisotopic (exact) mass is 379 g/mol. The molecule has 1 aromatic carbocycles. The zero-order chi connectivity index (χ0) is 19.4. The summed E-state index contributed by atoms with van der Waals surface area (Å²) in [5.41, 5.74) is 3.75. The lowest BCUT2D eigenvalue weighted by molar-refractivity contribution is -0.120. The molecule has 2 fully saturated rings. The maximum absolute atomic E-state index is 14.7. The Kier molecular flexibility index (Phi) is 5.75. The minimum atomic E-state index is -0.571. The summed E-state index contributed by atoms with van der Waals surface area (Å²) >= 11 is 0. The minimum absolute atomic E-state index is 0.208. The number of carbonyl (C=O) groups excluding carboxylic acids is 3. The first-order chi connectivity index (χ1) is 13.0. The van der Waals surface area contributed by atoms with Crippen LogP contribution in [0.5, 0.6) is 0 Å². The highest BCUT2D eigenvalue weighted by Crippen LogP contribution is 2.28. The molecular formula is C17H22FN5O4. The third-order valence-electron chi connectivity index (χ3n) is 4.47. The number of amides is 3. The lowest BCUT2D eigenvalue weighted by Crippen LogP contribution is -2.37. The molecular weight excluding hydrogens is 357 g/mol.